The number of benzene rings is 2. The largest absolute Gasteiger partial charge is 0.494 e. The molecule has 0 amide bonds. The zero-order valence-corrected chi connectivity index (χ0v) is 10.2. The van der Waals surface area contributed by atoms with E-state index in [4.69, 9.17) is 9.15 Å². The van der Waals surface area contributed by atoms with Gasteiger partial charge in [-0.15, -0.1) is 0 Å². The third-order valence-corrected chi connectivity index (χ3v) is 2.70. The molecule has 0 bridgehead atoms. The molecule has 1 aromatic heterocycles. The number of halogens is 1. The fourth-order valence-corrected chi connectivity index (χ4v) is 1.79. The summed E-state index contributed by atoms with van der Waals surface area (Å²) in [6.45, 7) is 0. The molecule has 0 fully saturated rings. The van der Waals surface area contributed by atoms with Gasteiger partial charge in [0.05, 0.1) is 7.11 Å². The Morgan fingerprint density at radius 3 is 2.84 bits per heavy atom. The van der Waals surface area contributed by atoms with Gasteiger partial charge in [-0.2, -0.15) is 4.98 Å². The van der Waals surface area contributed by atoms with E-state index < -0.39 is 5.82 Å². The minimum atomic E-state index is -0.411. The van der Waals surface area contributed by atoms with Gasteiger partial charge >= 0.3 is 0 Å². The third kappa shape index (κ3) is 2.22. The Bertz CT molecular complexity index is 691. The monoisotopic (exact) mass is 258 g/mol. The first-order chi connectivity index (χ1) is 9.26. The van der Waals surface area contributed by atoms with Crippen molar-refractivity contribution in [2.24, 2.45) is 0 Å². The summed E-state index contributed by atoms with van der Waals surface area (Å²) in [5, 5.41) is 2.97. The Balaban J connectivity index is 1.92. The molecule has 0 saturated heterocycles. The van der Waals surface area contributed by atoms with Crippen molar-refractivity contribution < 1.29 is 13.5 Å². The van der Waals surface area contributed by atoms with Crippen LogP contribution in [0.15, 0.2) is 46.9 Å². The number of oxazole rings is 1. The fraction of sp³-hybridized carbons (Fsp3) is 0.0714. The van der Waals surface area contributed by atoms with Gasteiger partial charge < -0.3 is 14.5 Å². The van der Waals surface area contributed by atoms with Gasteiger partial charge in [-0.25, -0.2) is 4.39 Å². The van der Waals surface area contributed by atoms with Crippen LogP contribution in [-0.4, -0.2) is 12.1 Å². The van der Waals surface area contributed by atoms with Gasteiger partial charge in [0.25, 0.3) is 6.01 Å². The lowest BCUT2D eigenvalue weighted by Gasteiger charge is -2.05. The van der Waals surface area contributed by atoms with Gasteiger partial charge in [-0.3, -0.25) is 0 Å². The first-order valence-corrected chi connectivity index (χ1v) is 5.72. The Labute approximate surface area is 108 Å². The van der Waals surface area contributed by atoms with Crippen LogP contribution in [0.25, 0.3) is 11.1 Å². The van der Waals surface area contributed by atoms with Crippen LogP contribution in [0.2, 0.25) is 0 Å². The van der Waals surface area contributed by atoms with Crippen LogP contribution in [0.3, 0.4) is 0 Å². The van der Waals surface area contributed by atoms with Crippen molar-refractivity contribution in [2.75, 3.05) is 12.4 Å². The number of nitrogens with zero attached hydrogens (tertiary/aromatic N) is 1. The molecule has 0 aliphatic rings. The van der Waals surface area contributed by atoms with Crippen LogP contribution >= 0.6 is 0 Å². The second-order valence-electron chi connectivity index (χ2n) is 3.96. The highest BCUT2D eigenvalue weighted by Gasteiger charge is 2.07. The summed E-state index contributed by atoms with van der Waals surface area (Å²) in [5.41, 5.74) is 2.10. The number of para-hydroxylation sites is 2. The lowest BCUT2D eigenvalue weighted by molar-refractivity contribution is 0.387. The van der Waals surface area contributed by atoms with Crippen LogP contribution in [-0.2, 0) is 0 Å². The maximum absolute atomic E-state index is 13.3. The quantitative estimate of drug-likeness (QED) is 0.777. The highest BCUT2D eigenvalue weighted by Crippen LogP contribution is 2.25. The van der Waals surface area contributed by atoms with Gasteiger partial charge in [-0.1, -0.05) is 12.1 Å². The number of ether oxygens (including phenoxy) is 1. The smallest absolute Gasteiger partial charge is 0.300 e. The van der Waals surface area contributed by atoms with Crippen LogP contribution in [0.1, 0.15) is 0 Å². The molecule has 2 aromatic carbocycles. The van der Waals surface area contributed by atoms with Gasteiger partial charge in [0.1, 0.15) is 5.52 Å². The Morgan fingerprint density at radius 2 is 2.05 bits per heavy atom. The highest BCUT2D eigenvalue weighted by molar-refractivity contribution is 5.75. The van der Waals surface area contributed by atoms with Gasteiger partial charge in [0.2, 0.25) is 0 Å². The molecule has 0 radical (unpaired) electrons. The third-order valence-electron chi connectivity index (χ3n) is 2.70. The topological polar surface area (TPSA) is 47.3 Å². The summed E-state index contributed by atoms with van der Waals surface area (Å²) < 4.78 is 23.7. The zero-order chi connectivity index (χ0) is 13.2. The van der Waals surface area contributed by atoms with E-state index in [0.29, 0.717) is 17.3 Å². The van der Waals surface area contributed by atoms with Crippen molar-refractivity contribution >= 4 is 22.8 Å². The maximum Gasteiger partial charge on any atom is 0.300 e. The lowest BCUT2D eigenvalue weighted by atomic mass is 10.3. The molecule has 4 nitrogen and oxygen atoms in total. The molecule has 1 heterocycles. The van der Waals surface area contributed by atoms with E-state index in [1.165, 1.54) is 13.2 Å². The summed E-state index contributed by atoms with van der Waals surface area (Å²) in [5.74, 6) is -0.244. The van der Waals surface area contributed by atoms with E-state index in [9.17, 15) is 4.39 Å². The number of methoxy groups -OCH3 is 1. The molecular weight excluding hydrogens is 247 g/mol. The van der Waals surface area contributed by atoms with Crippen molar-refractivity contribution in [3.8, 4) is 5.75 Å². The molecule has 0 unspecified atom stereocenters. The summed E-state index contributed by atoms with van der Waals surface area (Å²) in [6.07, 6.45) is 0. The van der Waals surface area contributed by atoms with E-state index in [-0.39, 0.29) is 5.75 Å². The average molecular weight is 258 g/mol. The molecule has 96 valence electrons. The normalized spacial score (nSPS) is 10.6. The van der Waals surface area contributed by atoms with Crippen molar-refractivity contribution in [1.29, 1.82) is 0 Å². The summed E-state index contributed by atoms with van der Waals surface area (Å²) in [7, 11) is 1.42. The zero-order valence-electron chi connectivity index (χ0n) is 10.2. The average Bonchev–Trinajstić information content (AvgIpc) is 2.83. The molecule has 0 aliphatic heterocycles. The first-order valence-electron chi connectivity index (χ1n) is 5.72. The van der Waals surface area contributed by atoms with Crippen LogP contribution < -0.4 is 10.1 Å². The van der Waals surface area contributed by atoms with Crippen LogP contribution in [0.4, 0.5) is 16.1 Å². The van der Waals surface area contributed by atoms with Crippen LogP contribution in [0.5, 0.6) is 5.75 Å². The van der Waals surface area contributed by atoms with Crippen molar-refractivity contribution in [2.45, 2.75) is 0 Å². The molecule has 0 saturated carbocycles. The van der Waals surface area contributed by atoms with E-state index >= 15 is 0 Å². The SMILES string of the molecule is COc1cc(Nc2nc3ccccc3o2)ccc1F. The highest BCUT2D eigenvalue weighted by atomic mass is 19.1. The maximum atomic E-state index is 13.3. The van der Waals surface area contributed by atoms with Crippen molar-refractivity contribution in [3.63, 3.8) is 0 Å². The predicted octanol–water partition coefficient (Wildman–Crippen LogP) is 3.72. The Morgan fingerprint density at radius 1 is 1.21 bits per heavy atom. The summed E-state index contributed by atoms with van der Waals surface area (Å²) in [6, 6.07) is 12.3. The Hall–Kier alpha value is -2.56. The predicted molar refractivity (Wildman–Crippen MR) is 70.2 cm³/mol. The molecule has 3 rings (SSSR count). The second-order valence-corrected chi connectivity index (χ2v) is 3.96. The fourth-order valence-electron chi connectivity index (χ4n) is 1.79. The molecule has 0 spiro atoms. The van der Waals surface area contributed by atoms with Crippen LogP contribution in [0, 0.1) is 5.82 Å². The van der Waals surface area contributed by atoms with Gasteiger partial charge in [0, 0.05) is 11.8 Å². The minimum absolute atomic E-state index is 0.168. The standard InChI is InChI=1S/C14H11FN2O2/c1-18-13-8-9(6-7-10(13)15)16-14-17-11-4-2-3-5-12(11)19-14/h2-8H,1H3,(H,16,17). The molecule has 0 atom stereocenters. The molecule has 19 heavy (non-hydrogen) atoms. The van der Waals surface area contributed by atoms with E-state index in [2.05, 4.69) is 10.3 Å². The number of hydrogen-bond acceptors (Lipinski definition) is 4. The number of rotatable bonds is 3. The van der Waals surface area contributed by atoms with E-state index in [1.807, 2.05) is 24.3 Å². The minimum Gasteiger partial charge on any atom is -0.494 e. The molecule has 5 heteroatoms. The van der Waals surface area contributed by atoms with Gasteiger partial charge in [-0.05, 0) is 24.3 Å². The van der Waals surface area contributed by atoms with Crippen molar-refractivity contribution in [1.82, 2.24) is 4.98 Å². The van der Waals surface area contributed by atoms with Crippen molar-refractivity contribution in [3.05, 3.63) is 48.3 Å². The summed E-state index contributed by atoms with van der Waals surface area (Å²) >= 11 is 0. The number of nitrogens with one attached hydrogen (secondary N) is 1. The lowest BCUT2D eigenvalue weighted by Crippen LogP contribution is -1.93. The second kappa shape index (κ2) is 4.61. The first kappa shape index (κ1) is 11.5. The summed E-state index contributed by atoms with van der Waals surface area (Å²) in [4.78, 5) is 4.27. The molecule has 3 aromatic rings. The molecule has 0 aliphatic carbocycles. The van der Waals surface area contributed by atoms with E-state index in [1.54, 1.807) is 12.1 Å². The molecule has 1 N–H and O–H groups in total. The number of fused-ring (bicyclic) bond motifs is 1. The number of hydrogen-bond donors (Lipinski definition) is 1. The van der Waals surface area contributed by atoms with E-state index in [0.717, 1.165) is 5.52 Å². The number of aromatic nitrogens is 1. The Kier molecular flexibility index (Phi) is 2.79. The molecular formula is C14H11FN2O2. The van der Waals surface area contributed by atoms with Gasteiger partial charge in [0.15, 0.2) is 17.1 Å². The number of anilines is 2.